The van der Waals surface area contributed by atoms with E-state index < -0.39 is 0 Å². The molecule has 1 aliphatic rings. The first-order chi connectivity index (χ1) is 9.65. The molecule has 4 heteroatoms. The van der Waals surface area contributed by atoms with Gasteiger partial charge in [-0.2, -0.15) is 0 Å². The molecule has 1 aliphatic heterocycles. The number of piperidine rings is 1. The van der Waals surface area contributed by atoms with Crippen LogP contribution in [0.2, 0.25) is 0 Å². The van der Waals surface area contributed by atoms with Crippen LogP contribution in [-0.4, -0.2) is 23.1 Å². The number of quaternary nitrogens is 1. The fourth-order valence-corrected chi connectivity index (χ4v) is 3.23. The Kier molecular flexibility index (Phi) is 3.57. The Morgan fingerprint density at radius 2 is 2.20 bits per heavy atom. The lowest BCUT2D eigenvalue weighted by Gasteiger charge is -2.31. The Labute approximate surface area is 118 Å². The average molecular weight is 272 g/mol. The van der Waals surface area contributed by atoms with Crippen molar-refractivity contribution >= 4 is 10.9 Å². The topological polar surface area (TPSA) is 50.2 Å². The zero-order valence-electron chi connectivity index (χ0n) is 12.1. The van der Waals surface area contributed by atoms with Crippen molar-refractivity contribution in [2.45, 2.75) is 32.7 Å². The van der Waals surface area contributed by atoms with Crippen LogP contribution in [0.3, 0.4) is 0 Å². The summed E-state index contributed by atoms with van der Waals surface area (Å²) >= 11 is 0. The molecule has 0 aliphatic carbocycles. The fraction of sp³-hybridized carbons (Fsp3) is 0.500. The standard InChI is InChI=1S/C16H21N3O/c1-11-6-5-9-19(10-11)12(2)15-17-14-8-4-3-7-13(14)16(20)18-15/h3-4,7-8,11-12H,5-6,9-10H2,1-2H3,(H,17,18,20)/p+1/t11-,12+/m1/s1. The number of hydrogen-bond acceptors (Lipinski definition) is 2. The van der Waals surface area contributed by atoms with Crippen molar-refractivity contribution in [1.82, 2.24) is 9.97 Å². The number of fused-ring (bicyclic) bond motifs is 1. The molecule has 2 heterocycles. The van der Waals surface area contributed by atoms with Crippen molar-refractivity contribution in [3.63, 3.8) is 0 Å². The molecule has 1 aromatic carbocycles. The zero-order valence-corrected chi connectivity index (χ0v) is 12.1. The van der Waals surface area contributed by atoms with Crippen molar-refractivity contribution < 1.29 is 4.90 Å². The molecule has 2 aromatic rings. The van der Waals surface area contributed by atoms with Crippen LogP contribution >= 0.6 is 0 Å². The Balaban J connectivity index is 1.95. The second-order valence-corrected chi connectivity index (χ2v) is 6.05. The number of para-hydroxylation sites is 1. The van der Waals surface area contributed by atoms with Crippen molar-refractivity contribution in [3.8, 4) is 0 Å². The molecule has 1 saturated heterocycles. The van der Waals surface area contributed by atoms with E-state index >= 15 is 0 Å². The van der Waals surface area contributed by atoms with Crippen LogP contribution in [-0.2, 0) is 0 Å². The molecule has 1 unspecified atom stereocenters. The third-order valence-corrected chi connectivity index (χ3v) is 4.46. The van der Waals surface area contributed by atoms with Crippen molar-refractivity contribution in [2.24, 2.45) is 5.92 Å². The first-order valence-electron chi connectivity index (χ1n) is 7.48. The molecule has 0 spiro atoms. The lowest BCUT2D eigenvalue weighted by atomic mass is 9.99. The monoisotopic (exact) mass is 272 g/mol. The summed E-state index contributed by atoms with van der Waals surface area (Å²) in [6, 6.07) is 7.79. The zero-order chi connectivity index (χ0) is 14.1. The van der Waals surface area contributed by atoms with Crippen LogP contribution in [0.5, 0.6) is 0 Å². The summed E-state index contributed by atoms with van der Waals surface area (Å²) in [5.41, 5.74) is 0.768. The van der Waals surface area contributed by atoms with Gasteiger partial charge in [0.1, 0.15) is 6.04 Å². The van der Waals surface area contributed by atoms with E-state index in [9.17, 15) is 4.79 Å². The van der Waals surface area contributed by atoms with Gasteiger partial charge in [-0.15, -0.1) is 0 Å². The smallest absolute Gasteiger partial charge is 0.258 e. The summed E-state index contributed by atoms with van der Waals surface area (Å²) in [5.74, 6) is 1.58. The van der Waals surface area contributed by atoms with Gasteiger partial charge >= 0.3 is 0 Å². The summed E-state index contributed by atoms with van der Waals surface area (Å²) in [6.45, 7) is 6.81. The molecule has 0 saturated carbocycles. The number of nitrogens with one attached hydrogen (secondary N) is 2. The molecule has 2 N–H and O–H groups in total. The van der Waals surface area contributed by atoms with E-state index in [1.165, 1.54) is 24.3 Å². The first kappa shape index (κ1) is 13.3. The van der Waals surface area contributed by atoms with Gasteiger partial charge in [0, 0.05) is 5.92 Å². The van der Waals surface area contributed by atoms with Gasteiger partial charge in [0.05, 0.1) is 24.0 Å². The highest BCUT2D eigenvalue weighted by atomic mass is 16.1. The molecule has 3 rings (SSSR count). The van der Waals surface area contributed by atoms with E-state index in [2.05, 4.69) is 23.8 Å². The molecule has 4 nitrogen and oxygen atoms in total. The SMILES string of the molecule is C[C@@H]1CCC[NH+]([C@@H](C)c2nc3ccccc3c(=O)[nH]2)C1. The highest BCUT2D eigenvalue weighted by molar-refractivity contribution is 5.77. The highest BCUT2D eigenvalue weighted by Crippen LogP contribution is 2.11. The van der Waals surface area contributed by atoms with E-state index in [4.69, 9.17) is 0 Å². The predicted octanol–water partition coefficient (Wildman–Crippen LogP) is 1.30. The molecule has 20 heavy (non-hydrogen) atoms. The van der Waals surface area contributed by atoms with E-state index in [1.807, 2.05) is 24.3 Å². The summed E-state index contributed by atoms with van der Waals surface area (Å²) in [5, 5.41) is 0.672. The summed E-state index contributed by atoms with van der Waals surface area (Å²) < 4.78 is 0. The van der Waals surface area contributed by atoms with Gasteiger partial charge in [-0.3, -0.25) is 4.79 Å². The van der Waals surface area contributed by atoms with Gasteiger partial charge in [0.2, 0.25) is 0 Å². The van der Waals surface area contributed by atoms with Gasteiger partial charge in [-0.05, 0) is 31.9 Å². The van der Waals surface area contributed by atoms with Gasteiger partial charge < -0.3 is 9.88 Å². The average Bonchev–Trinajstić information content (AvgIpc) is 2.46. The van der Waals surface area contributed by atoms with Gasteiger partial charge in [-0.1, -0.05) is 19.1 Å². The number of aromatic nitrogens is 2. The molecule has 1 fully saturated rings. The van der Waals surface area contributed by atoms with Crippen molar-refractivity contribution in [2.75, 3.05) is 13.1 Å². The fourth-order valence-electron chi connectivity index (χ4n) is 3.23. The number of aromatic amines is 1. The van der Waals surface area contributed by atoms with Gasteiger partial charge in [-0.25, -0.2) is 4.98 Å². The normalized spacial score (nSPS) is 24.7. The Bertz CT molecular complexity index is 664. The highest BCUT2D eigenvalue weighted by Gasteiger charge is 2.27. The number of nitrogens with zero attached hydrogens (tertiary/aromatic N) is 1. The van der Waals surface area contributed by atoms with Crippen LogP contribution in [0.25, 0.3) is 10.9 Å². The number of rotatable bonds is 2. The van der Waals surface area contributed by atoms with Crippen LogP contribution in [0.15, 0.2) is 29.1 Å². The van der Waals surface area contributed by atoms with E-state index in [0.717, 1.165) is 23.8 Å². The van der Waals surface area contributed by atoms with E-state index in [-0.39, 0.29) is 11.6 Å². The number of benzene rings is 1. The predicted molar refractivity (Wildman–Crippen MR) is 79.9 cm³/mol. The third-order valence-electron chi connectivity index (χ3n) is 4.46. The maximum absolute atomic E-state index is 12.1. The molecular formula is C16H22N3O+. The van der Waals surface area contributed by atoms with Gasteiger partial charge in [0.25, 0.3) is 5.56 Å². The maximum atomic E-state index is 12.1. The molecule has 106 valence electrons. The lowest BCUT2D eigenvalue weighted by molar-refractivity contribution is -0.938. The molecule has 0 radical (unpaired) electrons. The van der Waals surface area contributed by atoms with E-state index in [1.54, 1.807) is 0 Å². The lowest BCUT2D eigenvalue weighted by Crippen LogP contribution is -3.13. The molecule has 3 atom stereocenters. The van der Waals surface area contributed by atoms with Crippen LogP contribution in [0.1, 0.15) is 38.6 Å². The largest absolute Gasteiger partial charge is 0.326 e. The molecule has 0 bridgehead atoms. The minimum Gasteiger partial charge on any atom is -0.326 e. The second-order valence-electron chi connectivity index (χ2n) is 6.05. The minimum atomic E-state index is -0.0260. The molecule has 0 amide bonds. The third kappa shape index (κ3) is 2.48. The molecule has 1 aromatic heterocycles. The van der Waals surface area contributed by atoms with Crippen molar-refractivity contribution in [1.29, 1.82) is 0 Å². The number of likely N-dealkylation sites (tertiary alicyclic amines) is 1. The quantitative estimate of drug-likeness (QED) is 0.866. The number of H-pyrrole nitrogens is 1. The molecular weight excluding hydrogens is 250 g/mol. The second kappa shape index (κ2) is 5.37. The Morgan fingerprint density at radius 1 is 1.40 bits per heavy atom. The van der Waals surface area contributed by atoms with E-state index in [0.29, 0.717) is 5.39 Å². The maximum Gasteiger partial charge on any atom is 0.258 e. The van der Waals surface area contributed by atoms with Gasteiger partial charge in [0.15, 0.2) is 5.82 Å². The summed E-state index contributed by atoms with van der Waals surface area (Å²) in [4.78, 5) is 21.3. The minimum absolute atomic E-state index is 0.0260. The Morgan fingerprint density at radius 3 is 3.00 bits per heavy atom. The van der Waals surface area contributed by atoms with Crippen LogP contribution in [0.4, 0.5) is 0 Å². The van der Waals surface area contributed by atoms with Crippen LogP contribution < -0.4 is 10.5 Å². The summed E-state index contributed by atoms with van der Waals surface area (Å²) in [7, 11) is 0. The first-order valence-corrected chi connectivity index (χ1v) is 7.48. The summed E-state index contributed by atoms with van der Waals surface area (Å²) in [6.07, 6.45) is 2.58. The Hall–Kier alpha value is -1.68. The van der Waals surface area contributed by atoms with Crippen LogP contribution in [0, 0.1) is 5.92 Å². The number of hydrogen-bond donors (Lipinski definition) is 2. The van der Waals surface area contributed by atoms with Crippen molar-refractivity contribution in [3.05, 3.63) is 40.4 Å².